The lowest BCUT2D eigenvalue weighted by Crippen LogP contribution is -2.42. The average Bonchev–Trinajstić information content (AvgIpc) is 2.89. The van der Waals surface area contributed by atoms with Crippen molar-refractivity contribution < 1.29 is 19.1 Å². The molecule has 0 saturated carbocycles. The Morgan fingerprint density at radius 3 is 2.13 bits per heavy atom. The number of hydrogen-bond acceptors (Lipinski definition) is 5. The van der Waals surface area contributed by atoms with E-state index in [1.807, 2.05) is 31.2 Å². The van der Waals surface area contributed by atoms with Gasteiger partial charge in [-0.3, -0.25) is 4.79 Å². The number of carbonyl (C=O) groups excluding carboxylic acids is 2. The van der Waals surface area contributed by atoms with Crippen LogP contribution in [0, 0.1) is 11.3 Å². The van der Waals surface area contributed by atoms with Gasteiger partial charge in [0.05, 0.1) is 35.9 Å². The number of amides is 2. The minimum absolute atomic E-state index is 0.272. The van der Waals surface area contributed by atoms with Gasteiger partial charge in [-0.1, -0.05) is 58.7 Å². The van der Waals surface area contributed by atoms with Gasteiger partial charge >= 0.3 is 6.09 Å². The minimum atomic E-state index is -0.724. The van der Waals surface area contributed by atoms with E-state index >= 15 is 0 Å². The van der Waals surface area contributed by atoms with Gasteiger partial charge in [-0.05, 0) is 80.8 Å². The van der Waals surface area contributed by atoms with Crippen LogP contribution in [0.1, 0.15) is 73.2 Å². The zero-order valence-corrected chi connectivity index (χ0v) is 24.6. The van der Waals surface area contributed by atoms with Gasteiger partial charge < -0.3 is 20.1 Å². The summed E-state index contributed by atoms with van der Waals surface area (Å²) in [7, 11) is 0. The maximum atomic E-state index is 13.7. The summed E-state index contributed by atoms with van der Waals surface area (Å²) < 4.78 is 12.2. The van der Waals surface area contributed by atoms with Gasteiger partial charge in [-0.25, -0.2) is 4.79 Å². The second-order valence-corrected chi connectivity index (χ2v) is 11.2. The molecule has 2 atom stereocenters. The van der Waals surface area contributed by atoms with Crippen molar-refractivity contribution in [3.63, 3.8) is 0 Å². The molecule has 3 rings (SSSR count). The van der Waals surface area contributed by atoms with Crippen molar-refractivity contribution in [2.75, 3.05) is 6.61 Å². The van der Waals surface area contributed by atoms with Crippen molar-refractivity contribution in [1.29, 1.82) is 5.26 Å². The Hall–Kier alpha value is -3.54. The molecule has 3 aromatic rings. The molecule has 0 saturated heterocycles. The molecular formula is C30H31BrClN3O4. The van der Waals surface area contributed by atoms with E-state index in [2.05, 4.69) is 32.6 Å². The van der Waals surface area contributed by atoms with E-state index in [4.69, 9.17) is 21.1 Å². The predicted octanol–water partition coefficient (Wildman–Crippen LogP) is 7.50. The van der Waals surface area contributed by atoms with Crippen molar-refractivity contribution in [2.24, 2.45) is 0 Å². The Morgan fingerprint density at radius 2 is 1.56 bits per heavy atom. The van der Waals surface area contributed by atoms with E-state index in [1.54, 1.807) is 63.2 Å². The largest absolute Gasteiger partial charge is 0.493 e. The van der Waals surface area contributed by atoms with E-state index in [1.165, 1.54) is 0 Å². The SMILES string of the molecule is CCCOc1cc(C#N)ccc1C(=O)NC(c1ccc(Cl)cc1)C(NC(=O)OC(C)(C)C)c1ccc(Br)cc1. The molecule has 0 fully saturated rings. The highest BCUT2D eigenvalue weighted by molar-refractivity contribution is 9.10. The minimum Gasteiger partial charge on any atom is -0.493 e. The summed E-state index contributed by atoms with van der Waals surface area (Å²) in [5.74, 6) is -0.123. The van der Waals surface area contributed by atoms with Crippen LogP contribution in [0.2, 0.25) is 5.02 Å². The lowest BCUT2D eigenvalue weighted by atomic mass is 9.93. The average molecular weight is 613 g/mol. The number of carbonyl (C=O) groups is 2. The molecule has 9 heteroatoms. The second-order valence-electron chi connectivity index (χ2n) is 9.85. The molecule has 0 spiro atoms. The van der Waals surface area contributed by atoms with Crippen molar-refractivity contribution in [2.45, 2.75) is 51.8 Å². The van der Waals surface area contributed by atoms with Crippen molar-refractivity contribution >= 4 is 39.5 Å². The van der Waals surface area contributed by atoms with Crippen LogP contribution in [0.25, 0.3) is 0 Å². The molecular weight excluding hydrogens is 582 g/mol. The fourth-order valence-electron chi connectivity index (χ4n) is 3.82. The number of nitriles is 1. The van der Waals surface area contributed by atoms with Crippen LogP contribution in [0.15, 0.2) is 71.2 Å². The number of halogens is 2. The number of benzene rings is 3. The zero-order chi connectivity index (χ0) is 28.6. The summed E-state index contributed by atoms with van der Waals surface area (Å²) in [6.45, 7) is 7.68. The lowest BCUT2D eigenvalue weighted by molar-refractivity contribution is 0.0487. The normalized spacial score (nSPS) is 12.5. The first kappa shape index (κ1) is 30.0. The highest BCUT2D eigenvalue weighted by atomic mass is 79.9. The van der Waals surface area contributed by atoms with Gasteiger partial charge in [-0.15, -0.1) is 0 Å². The number of alkyl carbamates (subject to hydrolysis) is 1. The van der Waals surface area contributed by atoms with Gasteiger partial charge in [-0.2, -0.15) is 5.26 Å². The molecule has 7 nitrogen and oxygen atoms in total. The smallest absolute Gasteiger partial charge is 0.408 e. The van der Waals surface area contributed by atoms with Crippen molar-refractivity contribution in [3.8, 4) is 11.8 Å². The molecule has 39 heavy (non-hydrogen) atoms. The van der Waals surface area contributed by atoms with E-state index in [9.17, 15) is 14.9 Å². The van der Waals surface area contributed by atoms with E-state index in [-0.39, 0.29) is 5.56 Å². The molecule has 0 aromatic heterocycles. The second kappa shape index (κ2) is 13.5. The molecule has 3 aromatic carbocycles. The molecule has 0 aliphatic rings. The Bertz CT molecular complexity index is 1330. The van der Waals surface area contributed by atoms with Crippen LogP contribution in [0.5, 0.6) is 5.75 Å². The number of rotatable bonds is 9. The first-order chi connectivity index (χ1) is 18.5. The maximum Gasteiger partial charge on any atom is 0.408 e. The third kappa shape index (κ3) is 8.74. The first-order valence-corrected chi connectivity index (χ1v) is 13.7. The molecule has 0 bridgehead atoms. The van der Waals surface area contributed by atoms with Crippen LogP contribution in [-0.2, 0) is 4.74 Å². The summed E-state index contributed by atoms with van der Waals surface area (Å²) in [5.41, 5.74) is 1.38. The standard InChI is InChI=1S/C30H31BrClN3O4/c1-5-16-38-25-17-19(18-33)6-15-24(25)28(36)34-26(21-9-13-23(32)14-10-21)27(20-7-11-22(31)12-8-20)35-29(37)39-30(2,3)4/h6-15,17,26-27H,5,16H2,1-4H3,(H,34,36)(H,35,37). The molecule has 0 radical (unpaired) electrons. The number of hydrogen-bond donors (Lipinski definition) is 2. The van der Waals surface area contributed by atoms with Gasteiger partial charge in [0.15, 0.2) is 0 Å². The molecule has 0 heterocycles. The first-order valence-electron chi connectivity index (χ1n) is 12.5. The maximum absolute atomic E-state index is 13.7. The third-order valence-electron chi connectivity index (χ3n) is 5.57. The van der Waals surface area contributed by atoms with Crippen molar-refractivity contribution in [1.82, 2.24) is 10.6 Å². The van der Waals surface area contributed by atoms with Crippen LogP contribution < -0.4 is 15.4 Å². The molecule has 2 unspecified atom stereocenters. The molecule has 0 aliphatic heterocycles. The van der Waals surface area contributed by atoms with E-state index < -0.39 is 29.7 Å². The third-order valence-corrected chi connectivity index (χ3v) is 6.35. The Kier molecular flexibility index (Phi) is 10.4. The Balaban J connectivity index is 2.07. The molecule has 2 amide bonds. The van der Waals surface area contributed by atoms with Crippen LogP contribution in [0.3, 0.4) is 0 Å². The molecule has 2 N–H and O–H groups in total. The predicted molar refractivity (Wildman–Crippen MR) is 155 cm³/mol. The highest BCUT2D eigenvalue weighted by Gasteiger charge is 2.31. The summed E-state index contributed by atoms with van der Waals surface area (Å²) in [6, 6.07) is 19.8. The Morgan fingerprint density at radius 1 is 0.974 bits per heavy atom. The quantitative estimate of drug-likeness (QED) is 0.261. The van der Waals surface area contributed by atoms with Crippen LogP contribution in [0.4, 0.5) is 4.79 Å². The van der Waals surface area contributed by atoms with Gasteiger partial charge in [0.1, 0.15) is 11.4 Å². The lowest BCUT2D eigenvalue weighted by Gasteiger charge is -2.31. The topological polar surface area (TPSA) is 100 Å². The fourth-order valence-corrected chi connectivity index (χ4v) is 4.21. The monoisotopic (exact) mass is 611 g/mol. The summed E-state index contributed by atoms with van der Waals surface area (Å²) >= 11 is 9.61. The molecule has 204 valence electrons. The highest BCUT2D eigenvalue weighted by Crippen LogP contribution is 2.32. The van der Waals surface area contributed by atoms with Gasteiger partial charge in [0.2, 0.25) is 0 Å². The van der Waals surface area contributed by atoms with Crippen molar-refractivity contribution in [3.05, 3.63) is 98.5 Å². The van der Waals surface area contributed by atoms with Gasteiger partial charge in [0.25, 0.3) is 5.91 Å². The van der Waals surface area contributed by atoms with E-state index in [0.717, 1.165) is 16.5 Å². The van der Waals surface area contributed by atoms with Crippen LogP contribution >= 0.6 is 27.5 Å². The fraction of sp³-hybridized carbons (Fsp3) is 0.300. The van der Waals surface area contributed by atoms with E-state index in [0.29, 0.717) is 28.5 Å². The Labute approximate surface area is 242 Å². The number of nitrogens with one attached hydrogen (secondary N) is 2. The molecule has 0 aliphatic carbocycles. The van der Waals surface area contributed by atoms with Crippen LogP contribution in [-0.4, -0.2) is 24.2 Å². The number of ether oxygens (including phenoxy) is 2. The summed E-state index contributed by atoms with van der Waals surface area (Å²) in [5, 5.41) is 15.9. The number of nitrogens with zero attached hydrogens (tertiary/aromatic N) is 1. The van der Waals surface area contributed by atoms with Gasteiger partial charge in [0, 0.05) is 9.50 Å². The summed E-state index contributed by atoms with van der Waals surface area (Å²) in [6.07, 6.45) is 0.102. The summed E-state index contributed by atoms with van der Waals surface area (Å²) in [4.78, 5) is 26.7. The zero-order valence-electron chi connectivity index (χ0n) is 22.3.